The molecular weight excluding hydrogens is 579 g/mol. The second-order valence-corrected chi connectivity index (χ2v) is 11.4. The number of amides is 3. The van der Waals surface area contributed by atoms with E-state index in [2.05, 4.69) is 19.1 Å². The molecule has 0 aliphatic carbocycles. The number of hydrogen-bond donors (Lipinski definition) is 0. The molecule has 238 valence electrons. The zero-order valence-electron chi connectivity index (χ0n) is 25.6. The number of unbranched alkanes of at least 4 members (excludes halogenated alkanes) is 2. The third-order valence-electron chi connectivity index (χ3n) is 8.09. The number of hydrogen-bond acceptors (Lipinski definition) is 3. The number of carbonyl (C=O) groups excluding carboxylic acids is 3. The molecule has 0 radical (unpaired) electrons. The summed E-state index contributed by atoms with van der Waals surface area (Å²) in [7, 11) is 0. The minimum Gasteiger partial charge on any atom is -0.342 e. The van der Waals surface area contributed by atoms with Crippen molar-refractivity contribution in [3.63, 3.8) is 0 Å². The Bertz CT molecular complexity index is 1420. The van der Waals surface area contributed by atoms with Crippen LogP contribution < -0.4 is 0 Å². The number of alkyl halides is 3. The normalized spacial score (nSPS) is 14.4. The highest BCUT2D eigenvalue weighted by atomic mass is 19.4. The van der Waals surface area contributed by atoms with E-state index in [9.17, 15) is 27.6 Å². The summed E-state index contributed by atoms with van der Waals surface area (Å²) in [6, 6.07) is 21.3. The lowest BCUT2D eigenvalue weighted by atomic mass is 10.0. The highest BCUT2D eigenvalue weighted by molar-refractivity contribution is 5.95. The van der Waals surface area contributed by atoms with E-state index >= 15 is 0 Å². The minimum absolute atomic E-state index is 0.170. The standard InChI is InChI=1S/C36H40F3N3O3/c1-2-3-5-8-28-11-13-31(14-12-28)26-42(34(44)20-17-29-15-18-32(19-16-29)36(37,38)39)33(25-30-9-6-4-7-10-30)35(45)41-23-21-40(27-43)22-24-41/h4,6-7,9-20,27,33H,2-3,5,8,21-26H2,1H3/t33-/m0/s1. The van der Waals surface area contributed by atoms with Crippen LogP contribution in [0, 0.1) is 0 Å². The Morgan fingerprint density at radius 1 is 0.844 bits per heavy atom. The van der Waals surface area contributed by atoms with Gasteiger partial charge in [0.05, 0.1) is 5.56 Å². The summed E-state index contributed by atoms with van der Waals surface area (Å²) in [5.74, 6) is -0.639. The first kappa shape index (κ1) is 33.5. The molecule has 3 amide bonds. The lowest BCUT2D eigenvalue weighted by Gasteiger charge is -2.38. The highest BCUT2D eigenvalue weighted by Crippen LogP contribution is 2.29. The maximum atomic E-state index is 14.1. The Morgan fingerprint density at radius 3 is 2.09 bits per heavy atom. The van der Waals surface area contributed by atoms with Crippen molar-refractivity contribution in [2.24, 2.45) is 0 Å². The van der Waals surface area contributed by atoms with Crippen LogP contribution in [0.1, 0.15) is 54.0 Å². The zero-order chi connectivity index (χ0) is 32.2. The van der Waals surface area contributed by atoms with Gasteiger partial charge < -0.3 is 14.7 Å². The number of halogens is 3. The summed E-state index contributed by atoms with van der Waals surface area (Å²) < 4.78 is 39.2. The quantitative estimate of drug-likeness (QED) is 0.127. The largest absolute Gasteiger partial charge is 0.416 e. The van der Waals surface area contributed by atoms with E-state index in [1.54, 1.807) is 14.7 Å². The number of rotatable bonds is 13. The average Bonchev–Trinajstić information content (AvgIpc) is 3.06. The Hall–Kier alpha value is -4.40. The van der Waals surface area contributed by atoms with Crippen molar-refractivity contribution < 1.29 is 27.6 Å². The number of carbonyl (C=O) groups is 3. The van der Waals surface area contributed by atoms with Crippen LogP contribution >= 0.6 is 0 Å². The third-order valence-corrected chi connectivity index (χ3v) is 8.09. The van der Waals surface area contributed by atoms with Crippen molar-refractivity contribution in [3.05, 3.63) is 113 Å². The van der Waals surface area contributed by atoms with Crippen LogP contribution in [-0.4, -0.2) is 65.1 Å². The van der Waals surface area contributed by atoms with Gasteiger partial charge in [-0.1, -0.05) is 86.5 Å². The maximum absolute atomic E-state index is 14.1. The van der Waals surface area contributed by atoms with E-state index in [-0.39, 0.29) is 18.9 Å². The Balaban J connectivity index is 1.64. The fraction of sp³-hybridized carbons (Fsp3) is 0.361. The van der Waals surface area contributed by atoms with E-state index in [0.29, 0.717) is 31.7 Å². The Morgan fingerprint density at radius 2 is 1.49 bits per heavy atom. The van der Waals surface area contributed by atoms with Gasteiger partial charge >= 0.3 is 6.18 Å². The van der Waals surface area contributed by atoms with Gasteiger partial charge in [-0.2, -0.15) is 13.2 Å². The van der Waals surface area contributed by atoms with Crippen LogP contribution in [0.5, 0.6) is 0 Å². The summed E-state index contributed by atoms with van der Waals surface area (Å²) in [5, 5.41) is 0. The van der Waals surface area contributed by atoms with Crippen LogP contribution in [0.4, 0.5) is 13.2 Å². The number of piperazine rings is 1. The van der Waals surface area contributed by atoms with Crippen LogP contribution in [0.15, 0.2) is 84.9 Å². The molecule has 4 rings (SSSR count). The van der Waals surface area contributed by atoms with Crippen LogP contribution in [0.2, 0.25) is 0 Å². The van der Waals surface area contributed by atoms with E-state index in [1.165, 1.54) is 29.8 Å². The summed E-state index contributed by atoms with van der Waals surface area (Å²) in [6.45, 7) is 3.87. The van der Waals surface area contributed by atoms with E-state index in [0.717, 1.165) is 55.4 Å². The first-order valence-corrected chi connectivity index (χ1v) is 15.4. The smallest absolute Gasteiger partial charge is 0.342 e. The second-order valence-electron chi connectivity index (χ2n) is 11.4. The Kier molecular flexibility index (Phi) is 12.0. The molecule has 1 atom stereocenters. The number of nitrogens with zero attached hydrogens (tertiary/aromatic N) is 3. The van der Waals surface area contributed by atoms with Crippen molar-refractivity contribution in [2.45, 2.75) is 57.8 Å². The first-order valence-electron chi connectivity index (χ1n) is 15.4. The SMILES string of the molecule is CCCCCc1ccc(CN(C(=O)C=Cc2ccc(C(F)(F)F)cc2)[C@@H](Cc2ccccc2)C(=O)N2CCN(C=O)CC2)cc1. The molecule has 0 bridgehead atoms. The molecule has 0 spiro atoms. The molecule has 0 unspecified atom stereocenters. The molecule has 1 fully saturated rings. The molecular formula is C36H40F3N3O3. The van der Waals surface area contributed by atoms with Gasteiger partial charge in [-0.15, -0.1) is 0 Å². The van der Waals surface area contributed by atoms with Gasteiger partial charge in [-0.05, 0) is 53.3 Å². The summed E-state index contributed by atoms with van der Waals surface area (Å²) in [5.41, 5.74) is 2.62. The van der Waals surface area contributed by atoms with Crippen molar-refractivity contribution >= 4 is 24.3 Å². The lowest BCUT2D eigenvalue weighted by Crippen LogP contribution is -2.56. The molecule has 0 N–H and O–H groups in total. The van der Waals surface area contributed by atoms with Gasteiger partial charge in [0.1, 0.15) is 6.04 Å². The van der Waals surface area contributed by atoms with Gasteiger partial charge in [-0.25, -0.2) is 0 Å². The molecule has 0 saturated carbocycles. The summed E-state index contributed by atoms with van der Waals surface area (Å²) >= 11 is 0. The maximum Gasteiger partial charge on any atom is 0.416 e. The minimum atomic E-state index is -4.46. The topological polar surface area (TPSA) is 60.9 Å². The fourth-order valence-electron chi connectivity index (χ4n) is 5.40. The van der Waals surface area contributed by atoms with Gasteiger partial charge in [-0.3, -0.25) is 14.4 Å². The fourth-order valence-corrected chi connectivity index (χ4v) is 5.40. The predicted molar refractivity (Wildman–Crippen MR) is 169 cm³/mol. The van der Waals surface area contributed by atoms with Crippen molar-refractivity contribution in [1.82, 2.24) is 14.7 Å². The number of benzene rings is 3. The molecule has 1 aliphatic heterocycles. The average molecular weight is 620 g/mol. The van der Waals surface area contributed by atoms with Gasteiger partial charge in [0.15, 0.2) is 0 Å². The lowest BCUT2D eigenvalue weighted by molar-refractivity contribution is -0.146. The van der Waals surface area contributed by atoms with Gasteiger partial charge in [0.2, 0.25) is 18.2 Å². The first-order chi connectivity index (χ1) is 21.7. The van der Waals surface area contributed by atoms with E-state index < -0.39 is 23.7 Å². The van der Waals surface area contributed by atoms with Crippen molar-refractivity contribution in [2.75, 3.05) is 26.2 Å². The molecule has 0 aromatic heterocycles. The van der Waals surface area contributed by atoms with E-state index in [1.807, 2.05) is 42.5 Å². The molecule has 1 saturated heterocycles. The van der Waals surface area contributed by atoms with E-state index in [4.69, 9.17) is 0 Å². The van der Waals surface area contributed by atoms with Gasteiger partial charge in [0, 0.05) is 45.2 Å². The molecule has 3 aromatic carbocycles. The monoisotopic (exact) mass is 619 g/mol. The van der Waals surface area contributed by atoms with Crippen LogP contribution in [0.3, 0.4) is 0 Å². The predicted octanol–water partition coefficient (Wildman–Crippen LogP) is 6.39. The van der Waals surface area contributed by atoms with Crippen molar-refractivity contribution in [3.8, 4) is 0 Å². The number of aryl methyl sites for hydroxylation is 1. The zero-order valence-corrected chi connectivity index (χ0v) is 25.6. The molecule has 6 nitrogen and oxygen atoms in total. The van der Waals surface area contributed by atoms with Crippen LogP contribution in [0.25, 0.3) is 6.08 Å². The second kappa shape index (κ2) is 16.1. The molecule has 1 heterocycles. The highest BCUT2D eigenvalue weighted by Gasteiger charge is 2.34. The van der Waals surface area contributed by atoms with Gasteiger partial charge in [0.25, 0.3) is 0 Å². The Labute approximate surface area is 263 Å². The van der Waals surface area contributed by atoms with Crippen molar-refractivity contribution in [1.29, 1.82) is 0 Å². The molecule has 45 heavy (non-hydrogen) atoms. The molecule has 1 aliphatic rings. The molecule has 3 aromatic rings. The third kappa shape index (κ3) is 9.80. The van der Waals surface area contributed by atoms with Crippen LogP contribution in [-0.2, 0) is 39.9 Å². The molecule has 9 heteroatoms. The summed E-state index contributed by atoms with van der Waals surface area (Å²) in [6.07, 6.45) is 3.74. The summed E-state index contributed by atoms with van der Waals surface area (Å²) in [4.78, 5) is 44.2.